The number of aryl methyl sites for hydroxylation is 1. The molecule has 0 fully saturated rings. The molecule has 0 radical (unpaired) electrons. The maximum atomic E-state index is 11.2. The minimum Gasteiger partial charge on any atom is -0.282 e. The third kappa shape index (κ3) is 2.61. The quantitative estimate of drug-likeness (QED) is 0.476. The van der Waals surface area contributed by atoms with Crippen LogP contribution in [0.2, 0.25) is 0 Å². The summed E-state index contributed by atoms with van der Waals surface area (Å²) in [7, 11) is -3.51. The van der Waals surface area contributed by atoms with E-state index in [1.807, 2.05) is 6.92 Å². The summed E-state index contributed by atoms with van der Waals surface area (Å²) in [5, 5.41) is 0.752. The van der Waals surface area contributed by atoms with Crippen LogP contribution in [0.4, 0.5) is 0 Å². The van der Waals surface area contributed by atoms with E-state index < -0.39 is 10.1 Å². The molecule has 0 aliphatic carbocycles. The summed E-state index contributed by atoms with van der Waals surface area (Å²) in [5.41, 5.74) is 2.12. The predicted molar refractivity (Wildman–Crippen MR) is 69.1 cm³/mol. The first kappa shape index (κ1) is 13.2. The fourth-order valence-electron chi connectivity index (χ4n) is 1.83. The zero-order valence-corrected chi connectivity index (χ0v) is 12.3. The highest BCUT2D eigenvalue weighted by molar-refractivity contribution is 7.86. The first-order valence-corrected chi connectivity index (χ1v) is 7.55. The summed E-state index contributed by atoms with van der Waals surface area (Å²) in [4.78, 5) is 0.0493. The largest absolute Gasteiger partial charge is 0.294 e. The summed E-state index contributed by atoms with van der Waals surface area (Å²) in [6.07, 6.45) is 3.25. The van der Waals surface area contributed by atoms with Crippen LogP contribution in [0.1, 0.15) is 18.1 Å². The van der Waals surface area contributed by atoms with Gasteiger partial charge in [-0.25, -0.2) is 0 Å². The van der Waals surface area contributed by atoms with Gasteiger partial charge in [-0.1, -0.05) is 19.1 Å². The van der Waals surface area contributed by atoms with Crippen molar-refractivity contribution in [1.82, 2.24) is 0 Å². The van der Waals surface area contributed by atoms with Crippen molar-refractivity contribution in [2.75, 3.05) is 0 Å². The monoisotopic (exact) mass is 256 g/mol. The second-order valence-electron chi connectivity index (χ2n) is 3.65. The Balaban J connectivity index is 3.49. The lowest BCUT2D eigenvalue weighted by Crippen LogP contribution is -2.21. The number of hydrogen-bond acceptors (Lipinski definition) is 2. The van der Waals surface area contributed by atoms with Crippen LogP contribution in [0.5, 0.6) is 0 Å². The lowest BCUT2D eigenvalue weighted by Gasteiger charge is -2.12. The molecule has 1 N–H and O–H groups in total. The Kier molecular flexibility index (Phi) is 4.07. The SMILES string of the molecule is C=CCc1c(CC)ccc(S(=O)(=O)O)c1[SiH3]. The minimum absolute atomic E-state index is 0.0493. The van der Waals surface area contributed by atoms with E-state index >= 15 is 0 Å². The molecule has 0 atom stereocenters. The molecule has 16 heavy (non-hydrogen) atoms. The second-order valence-corrected chi connectivity index (χ2v) is 6.04. The van der Waals surface area contributed by atoms with Gasteiger partial charge >= 0.3 is 0 Å². The Morgan fingerprint density at radius 2 is 2.12 bits per heavy atom. The summed E-state index contributed by atoms with van der Waals surface area (Å²) in [6, 6.07) is 3.26. The zero-order valence-electron chi connectivity index (χ0n) is 9.53. The molecule has 0 spiro atoms. The maximum Gasteiger partial charge on any atom is 0.294 e. The fourth-order valence-corrected chi connectivity index (χ4v) is 4.05. The third-order valence-electron chi connectivity index (χ3n) is 2.65. The molecule has 0 bridgehead atoms. The van der Waals surface area contributed by atoms with Crippen LogP contribution >= 0.6 is 0 Å². The number of benzene rings is 1. The molecule has 1 rings (SSSR count). The highest BCUT2D eigenvalue weighted by atomic mass is 32.2. The van der Waals surface area contributed by atoms with Gasteiger partial charge in [-0.05, 0) is 35.2 Å². The van der Waals surface area contributed by atoms with Crippen molar-refractivity contribution >= 4 is 25.5 Å². The topological polar surface area (TPSA) is 54.4 Å². The fraction of sp³-hybridized carbons (Fsp3) is 0.273. The van der Waals surface area contributed by atoms with Gasteiger partial charge in [0.05, 0.1) is 4.90 Å². The van der Waals surface area contributed by atoms with Crippen molar-refractivity contribution in [3.63, 3.8) is 0 Å². The van der Waals surface area contributed by atoms with Crippen LogP contribution in [0.3, 0.4) is 0 Å². The molecule has 0 saturated heterocycles. The van der Waals surface area contributed by atoms with Gasteiger partial charge in [0.25, 0.3) is 10.1 Å². The van der Waals surface area contributed by atoms with Gasteiger partial charge in [-0.2, -0.15) is 8.42 Å². The third-order valence-corrected chi connectivity index (χ3v) is 5.16. The molecule has 0 amide bonds. The number of rotatable bonds is 4. The Hall–Kier alpha value is -0.913. The van der Waals surface area contributed by atoms with Crippen molar-refractivity contribution in [1.29, 1.82) is 0 Å². The molecule has 0 heterocycles. The van der Waals surface area contributed by atoms with Gasteiger partial charge in [0, 0.05) is 10.2 Å². The van der Waals surface area contributed by atoms with Crippen LogP contribution in [0.15, 0.2) is 29.7 Å². The van der Waals surface area contributed by atoms with Crippen LogP contribution < -0.4 is 5.19 Å². The average Bonchev–Trinajstić information content (AvgIpc) is 2.19. The molecule has 1 aromatic rings. The van der Waals surface area contributed by atoms with E-state index in [0.717, 1.165) is 22.7 Å². The van der Waals surface area contributed by atoms with Crippen LogP contribution in [0, 0.1) is 0 Å². The van der Waals surface area contributed by atoms with Gasteiger partial charge in [0.1, 0.15) is 0 Å². The minimum atomic E-state index is -4.10. The first-order valence-electron chi connectivity index (χ1n) is 5.11. The van der Waals surface area contributed by atoms with Crippen molar-refractivity contribution in [3.05, 3.63) is 35.9 Å². The Bertz CT molecular complexity index is 506. The molecule has 88 valence electrons. The van der Waals surface area contributed by atoms with E-state index in [1.54, 1.807) is 12.1 Å². The van der Waals surface area contributed by atoms with Crippen molar-refractivity contribution in [2.45, 2.75) is 24.7 Å². The lowest BCUT2D eigenvalue weighted by atomic mass is 10.0. The van der Waals surface area contributed by atoms with Gasteiger partial charge in [-0.3, -0.25) is 4.55 Å². The predicted octanol–water partition coefficient (Wildman–Crippen LogP) is 0.215. The van der Waals surface area contributed by atoms with E-state index in [-0.39, 0.29) is 4.90 Å². The van der Waals surface area contributed by atoms with Gasteiger partial charge in [-0.15, -0.1) is 6.58 Å². The van der Waals surface area contributed by atoms with Crippen molar-refractivity contribution < 1.29 is 13.0 Å². The van der Waals surface area contributed by atoms with Gasteiger partial charge in [0.15, 0.2) is 0 Å². The van der Waals surface area contributed by atoms with E-state index in [4.69, 9.17) is 4.55 Å². The van der Waals surface area contributed by atoms with Crippen LogP contribution in [-0.4, -0.2) is 23.2 Å². The molecule has 1 aromatic carbocycles. The summed E-state index contributed by atoms with van der Waals surface area (Å²) in [6.45, 7) is 5.69. The standard InChI is InChI=1S/C11H16O3SSi/c1-3-5-9-8(4-2)6-7-10(11(9)16)15(12,13)14/h3,6-7H,1,4-5H2,2,16H3,(H,12,13,14). The zero-order chi connectivity index (χ0) is 12.3. The van der Waals surface area contributed by atoms with Crippen LogP contribution in [0.25, 0.3) is 0 Å². The first-order chi connectivity index (χ1) is 7.41. The number of allylic oxidation sites excluding steroid dienone is 1. The number of hydrogen-bond donors (Lipinski definition) is 1. The van der Waals surface area contributed by atoms with Crippen molar-refractivity contribution in [2.24, 2.45) is 0 Å². The van der Waals surface area contributed by atoms with E-state index in [2.05, 4.69) is 6.58 Å². The normalized spacial score (nSPS) is 11.6. The molecule has 0 aromatic heterocycles. The van der Waals surface area contributed by atoms with Crippen LogP contribution in [-0.2, 0) is 23.0 Å². The molecule has 0 aliphatic heterocycles. The summed E-state index contributed by atoms with van der Waals surface area (Å²) < 4.78 is 31.4. The molecular weight excluding hydrogens is 240 g/mol. The Morgan fingerprint density at radius 1 is 1.50 bits per heavy atom. The van der Waals surface area contributed by atoms with Gasteiger partial charge < -0.3 is 0 Å². The molecule has 3 nitrogen and oxygen atoms in total. The highest BCUT2D eigenvalue weighted by Gasteiger charge is 2.16. The molecule has 0 saturated carbocycles. The molecular formula is C11H16O3SSi. The average molecular weight is 256 g/mol. The van der Waals surface area contributed by atoms with E-state index in [1.165, 1.54) is 6.07 Å². The molecule has 0 unspecified atom stereocenters. The molecule has 0 aliphatic rings. The smallest absolute Gasteiger partial charge is 0.282 e. The summed E-state index contributed by atoms with van der Waals surface area (Å²) >= 11 is 0. The van der Waals surface area contributed by atoms with E-state index in [9.17, 15) is 8.42 Å². The van der Waals surface area contributed by atoms with E-state index in [0.29, 0.717) is 16.7 Å². The highest BCUT2D eigenvalue weighted by Crippen LogP contribution is 2.14. The lowest BCUT2D eigenvalue weighted by molar-refractivity contribution is 0.484. The maximum absolute atomic E-state index is 11.2. The Labute approximate surface area is 99.4 Å². The van der Waals surface area contributed by atoms with Crippen molar-refractivity contribution in [3.8, 4) is 0 Å². The Morgan fingerprint density at radius 3 is 2.56 bits per heavy atom. The second kappa shape index (κ2) is 4.95. The summed E-state index contributed by atoms with van der Waals surface area (Å²) in [5.74, 6) is 0. The van der Waals surface area contributed by atoms with Gasteiger partial charge in [0.2, 0.25) is 0 Å². The molecule has 5 heteroatoms.